The zero-order chi connectivity index (χ0) is 14.4. The Hall–Kier alpha value is -1.47. The molecule has 1 saturated heterocycles. The molecule has 3 heterocycles. The van der Waals surface area contributed by atoms with Crippen LogP contribution in [0.25, 0.3) is 0 Å². The third kappa shape index (κ3) is 2.44. The van der Waals surface area contributed by atoms with Gasteiger partial charge >= 0.3 is 0 Å². The lowest BCUT2D eigenvalue weighted by molar-refractivity contribution is -0.0466. The first kappa shape index (κ1) is 13.2. The number of ether oxygens (including phenoxy) is 1. The molecule has 112 valence electrons. The molecule has 0 aromatic carbocycles. The number of aryl methyl sites for hydroxylation is 1. The van der Waals surface area contributed by atoms with E-state index in [-0.39, 0.29) is 5.60 Å². The van der Waals surface area contributed by atoms with Gasteiger partial charge in [-0.15, -0.1) is 0 Å². The Morgan fingerprint density at radius 2 is 2.29 bits per heavy atom. The Morgan fingerprint density at radius 1 is 1.43 bits per heavy atom. The normalized spacial score (nSPS) is 26.3. The smallest absolute Gasteiger partial charge is 0.205 e. The minimum Gasteiger partial charge on any atom is -0.367 e. The standard InChI is InChI=1S/C14H19N5OS/c1-14(11-7-15-18(2)8-11)9-19(5-6-20-14)13-16-12(17-21-13)10-3-4-10/h7-8,10H,3-6,9H2,1-2H3. The third-order valence-corrected chi connectivity index (χ3v) is 5.03. The summed E-state index contributed by atoms with van der Waals surface area (Å²) in [5, 5.41) is 5.29. The second-order valence-electron chi connectivity index (χ2n) is 6.11. The van der Waals surface area contributed by atoms with Crippen molar-refractivity contribution in [2.24, 2.45) is 7.05 Å². The van der Waals surface area contributed by atoms with Crippen molar-refractivity contribution in [3.8, 4) is 0 Å². The molecule has 4 rings (SSSR count). The summed E-state index contributed by atoms with van der Waals surface area (Å²) < 4.78 is 12.4. The van der Waals surface area contributed by atoms with Crippen LogP contribution in [-0.2, 0) is 17.4 Å². The summed E-state index contributed by atoms with van der Waals surface area (Å²) in [4.78, 5) is 7.01. The SMILES string of the molecule is Cn1cc(C2(C)CN(c3nc(C4CC4)ns3)CCO2)cn1. The molecular formula is C14H19N5OS. The second-order valence-corrected chi connectivity index (χ2v) is 6.84. The zero-order valence-electron chi connectivity index (χ0n) is 12.3. The largest absolute Gasteiger partial charge is 0.367 e. The van der Waals surface area contributed by atoms with E-state index < -0.39 is 0 Å². The van der Waals surface area contributed by atoms with E-state index in [9.17, 15) is 0 Å². The van der Waals surface area contributed by atoms with Crippen LogP contribution in [0.3, 0.4) is 0 Å². The summed E-state index contributed by atoms with van der Waals surface area (Å²) >= 11 is 1.51. The Bertz CT molecular complexity index is 649. The van der Waals surface area contributed by atoms with Gasteiger partial charge in [0.05, 0.1) is 19.3 Å². The van der Waals surface area contributed by atoms with E-state index in [1.807, 2.05) is 24.1 Å². The Morgan fingerprint density at radius 3 is 3.00 bits per heavy atom. The first-order valence-corrected chi connectivity index (χ1v) is 8.13. The van der Waals surface area contributed by atoms with Gasteiger partial charge < -0.3 is 9.64 Å². The van der Waals surface area contributed by atoms with Gasteiger partial charge in [0.15, 0.2) is 0 Å². The highest BCUT2D eigenvalue weighted by molar-refractivity contribution is 7.09. The quantitative estimate of drug-likeness (QED) is 0.867. The van der Waals surface area contributed by atoms with Crippen LogP contribution in [0.4, 0.5) is 5.13 Å². The van der Waals surface area contributed by atoms with Crippen LogP contribution in [0.5, 0.6) is 0 Å². The number of anilines is 1. The lowest BCUT2D eigenvalue weighted by atomic mass is 9.97. The summed E-state index contributed by atoms with van der Waals surface area (Å²) in [7, 11) is 1.93. The van der Waals surface area contributed by atoms with Crippen molar-refractivity contribution in [1.29, 1.82) is 0 Å². The molecule has 2 aromatic rings. The molecule has 6 nitrogen and oxygen atoms in total. The highest BCUT2D eigenvalue weighted by Gasteiger charge is 2.37. The number of hydrogen-bond donors (Lipinski definition) is 0. The summed E-state index contributed by atoms with van der Waals surface area (Å²) in [6.45, 7) is 4.48. The van der Waals surface area contributed by atoms with Crippen molar-refractivity contribution in [2.75, 3.05) is 24.6 Å². The fraction of sp³-hybridized carbons (Fsp3) is 0.643. The van der Waals surface area contributed by atoms with E-state index in [1.165, 1.54) is 24.4 Å². The summed E-state index contributed by atoms with van der Waals surface area (Å²) in [5.74, 6) is 1.64. The molecule has 2 aromatic heterocycles. The van der Waals surface area contributed by atoms with E-state index in [4.69, 9.17) is 9.72 Å². The topological polar surface area (TPSA) is 56.1 Å². The predicted molar refractivity (Wildman–Crippen MR) is 80.6 cm³/mol. The predicted octanol–water partition coefficient (Wildman–Crippen LogP) is 1.90. The Balaban J connectivity index is 1.56. The van der Waals surface area contributed by atoms with Gasteiger partial charge in [-0.05, 0) is 19.8 Å². The van der Waals surface area contributed by atoms with Gasteiger partial charge in [-0.3, -0.25) is 4.68 Å². The van der Waals surface area contributed by atoms with Crippen molar-refractivity contribution in [2.45, 2.75) is 31.3 Å². The second kappa shape index (κ2) is 4.78. The molecular weight excluding hydrogens is 286 g/mol. The van der Waals surface area contributed by atoms with Crippen LogP contribution in [0, 0.1) is 0 Å². The number of morpholine rings is 1. The molecule has 0 bridgehead atoms. The fourth-order valence-electron chi connectivity index (χ4n) is 2.76. The summed E-state index contributed by atoms with van der Waals surface area (Å²) in [6, 6.07) is 0. The molecule has 0 radical (unpaired) electrons. The Labute approximate surface area is 127 Å². The molecule has 2 aliphatic rings. The van der Waals surface area contributed by atoms with Crippen molar-refractivity contribution in [1.82, 2.24) is 19.1 Å². The van der Waals surface area contributed by atoms with Crippen LogP contribution >= 0.6 is 11.5 Å². The van der Waals surface area contributed by atoms with Gasteiger partial charge in [0.1, 0.15) is 11.4 Å². The molecule has 1 unspecified atom stereocenters. The maximum Gasteiger partial charge on any atom is 0.205 e. The maximum absolute atomic E-state index is 6.04. The van der Waals surface area contributed by atoms with Crippen molar-refractivity contribution in [3.63, 3.8) is 0 Å². The van der Waals surface area contributed by atoms with Crippen molar-refractivity contribution >= 4 is 16.7 Å². The first-order chi connectivity index (χ1) is 10.1. The molecule has 7 heteroatoms. The minimum absolute atomic E-state index is 0.335. The Kier molecular flexibility index (Phi) is 3.00. The third-order valence-electron chi connectivity index (χ3n) is 4.23. The average Bonchev–Trinajstić information content (AvgIpc) is 3.03. The number of rotatable bonds is 3. The van der Waals surface area contributed by atoms with Crippen LogP contribution in [0.1, 0.15) is 37.1 Å². The van der Waals surface area contributed by atoms with Crippen LogP contribution in [-0.4, -0.2) is 38.8 Å². The van der Waals surface area contributed by atoms with E-state index in [0.29, 0.717) is 12.5 Å². The first-order valence-electron chi connectivity index (χ1n) is 7.36. The molecule has 1 aliphatic heterocycles. The lowest BCUT2D eigenvalue weighted by Gasteiger charge is -2.39. The molecule has 0 amide bonds. The fourth-order valence-corrected chi connectivity index (χ4v) is 3.54. The minimum atomic E-state index is -0.335. The van der Waals surface area contributed by atoms with Gasteiger partial charge in [-0.25, -0.2) is 4.98 Å². The lowest BCUT2D eigenvalue weighted by Crippen LogP contribution is -2.48. The highest BCUT2D eigenvalue weighted by Crippen LogP contribution is 2.40. The number of hydrogen-bond acceptors (Lipinski definition) is 6. The maximum atomic E-state index is 6.04. The van der Waals surface area contributed by atoms with Gasteiger partial charge in [-0.2, -0.15) is 9.47 Å². The molecule has 0 spiro atoms. The molecule has 1 aliphatic carbocycles. The molecule has 2 fully saturated rings. The van der Waals surface area contributed by atoms with Crippen molar-refractivity contribution in [3.05, 3.63) is 23.8 Å². The van der Waals surface area contributed by atoms with Crippen LogP contribution in [0.15, 0.2) is 12.4 Å². The van der Waals surface area contributed by atoms with Gasteiger partial charge in [-0.1, -0.05) is 0 Å². The van der Waals surface area contributed by atoms with E-state index in [2.05, 4.69) is 21.3 Å². The molecule has 0 N–H and O–H groups in total. The summed E-state index contributed by atoms with van der Waals surface area (Å²) in [6.07, 6.45) is 6.40. The zero-order valence-corrected chi connectivity index (χ0v) is 13.1. The van der Waals surface area contributed by atoms with Crippen LogP contribution in [0.2, 0.25) is 0 Å². The monoisotopic (exact) mass is 305 g/mol. The van der Waals surface area contributed by atoms with Gasteiger partial charge in [0.25, 0.3) is 0 Å². The van der Waals surface area contributed by atoms with Crippen molar-refractivity contribution < 1.29 is 4.74 Å². The molecule has 21 heavy (non-hydrogen) atoms. The average molecular weight is 305 g/mol. The highest BCUT2D eigenvalue weighted by atomic mass is 32.1. The number of aromatic nitrogens is 4. The van der Waals surface area contributed by atoms with E-state index in [0.717, 1.165) is 29.6 Å². The molecule has 1 saturated carbocycles. The number of nitrogens with zero attached hydrogens (tertiary/aromatic N) is 5. The van der Waals surface area contributed by atoms with Gasteiger partial charge in [0, 0.05) is 42.8 Å². The van der Waals surface area contributed by atoms with E-state index >= 15 is 0 Å². The summed E-state index contributed by atoms with van der Waals surface area (Å²) in [5.41, 5.74) is 0.777. The molecule has 1 atom stereocenters. The van der Waals surface area contributed by atoms with Gasteiger partial charge in [0.2, 0.25) is 5.13 Å². The van der Waals surface area contributed by atoms with E-state index in [1.54, 1.807) is 0 Å². The van der Waals surface area contributed by atoms with Crippen LogP contribution < -0.4 is 4.90 Å².